The molecule has 1 aromatic rings. The van der Waals surface area contributed by atoms with Crippen molar-refractivity contribution in [3.8, 4) is 0 Å². The van der Waals surface area contributed by atoms with Crippen LogP contribution >= 0.6 is 0 Å². The van der Waals surface area contributed by atoms with Crippen LogP contribution in [0.25, 0.3) is 0 Å². The molecule has 1 amide bonds. The number of pyridine rings is 1. The molecule has 5 nitrogen and oxygen atoms in total. The maximum absolute atomic E-state index is 12.1. The summed E-state index contributed by atoms with van der Waals surface area (Å²) in [5, 5.41) is 9.20. The van der Waals surface area contributed by atoms with Crippen LogP contribution in [0.1, 0.15) is 25.8 Å². The third-order valence-electron chi connectivity index (χ3n) is 2.95. The Bertz CT molecular complexity index is 432. The molecule has 0 saturated carbocycles. The summed E-state index contributed by atoms with van der Waals surface area (Å²) < 4.78 is 0. The molecule has 0 aliphatic carbocycles. The van der Waals surface area contributed by atoms with Gasteiger partial charge in [0.25, 0.3) is 0 Å². The number of aromatic nitrogens is 1. The van der Waals surface area contributed by atoms with Crippen molar-refractivity contribution in [3.05, 3.63) is 30.1 Å². The molecule has 5 heteroatoms. The largest absolute Gasteiger partial charge is 0.480 e. The molecule has 0 spiro atoms. The van der Waals surface area contributed by atoms with E-state index < -0.39 is 12.0 Å². The lowest BCUT2D eigenvalue weighted by molar-refractivity contribution is -0.149. The molecule has 0 saturated heterocycles. The van der Waals surface area contributed by atoms with E-state index in [2.05, 4.69) is 4.98 Å². The van der Waals surface area contributed by atoms with E-state index in [4.69, 9.17) is 0 Å². The fraction of sp³-hybridized carbons (Fsp3) is 0.500. The lowest BCUT2D eigenvalue weighted by Gasteiger charge is -2.26. The predicted octanol–water partition coefficient (Wildman–Crippen LogP) is 1.58. The molecule has 0 aliphatic heterocycles. The molecule has 1 aromatic heterocycles. The van der Waals surface area contributed by atoms with E-state index in [-0.39, 0.29) is 18.2 Å². The maximum atomic E-state index is 12.1. The average Bonchev–Trinajstić information content (AvgIpc) is 2.35. The average molecular weight is 264 g/mol. The number of aliphatic carboxylic acids is 1. The first-order valence-electron chi connectivity index (χ1n) is 6.29. The highest BCUT2D eigenvalue weighted by molar-refractivity contribution is 5.84. The van der Waals surface area contributed by atoms with Crippen molar-refractivity contribution in [2.75, 3.05) is 7.05 Å². The van der Waals surface area contributed by atoms with Crippen LogP contribution < -0.4 is 0 Å². The first-order chi connectivity index (χ1) is 8.91. The Morgan fingerprint density at radius 3 is 2.37 bits per heavy atom. The van der Waals surface area contributed by atoms with Crippen LogP contribution in [-0.4, -0.2) is 40.0 Å². The van der Waals surface area contributed by atoms with Crippen LogP contribution in [0.5, 0.6) is 0 Å². The van der Waals surface area contributed by atoms with Gasteiger partial charge in [0, 0.05) is 19.4 Å². The second-order valence-corrected chi connectivity index (χ2v) is 5.02. The maximum Gasteiger partial charge on any atom is 0.326 e. The Balaban J connectivity index is 2.71. The van der Waals surface area contributed by atoms with Gasteiger partial charge in [-0.15, -0.1) is 0 Å². The van der Waals surface area contributed by atoms with Gasteiger partial charge in [0.2, 0.25) is 5.91 Å². The van der Waals surface area contributed by atoms with Crippen molar-refractivity contribution in [1.82, 2.24) is 9.88 Å². The molecule has 1 atom stereocenters. The minimum Gasteiger partial charge on any atom is -0.480 e. The summed E-state index contributed by atoms with van der Waals surface area (Å²) in [6.07, 6.45) is 3.88. The number of rotatable bonds is 6. The van der Waals surface area contributed by atoms with Crippen LogP contribution in [-0.2, 0) is 16.0 Å². The highest BCUT2D eigenvalue weighted by atomic mass is 16.4. The highest BCUT2D eigenvalue weighted by Gasteiger charge is 2.27. The van der Waals surface area contributed by atoms with Gasteiger partial charge in [0.1, 0.15) is 6.04 Å². The standard InChI is InChI=1S/C14H20N2O3/c1-10(2)8-12(14(18)19)16(3)13(17)9-11-4-6-15-7-5-11/h4-7,10,12H,8-9H2,1-3H3,(H,18,19). The molecule has 0 fully saturated rings. The summed E-state index contributed by atoms with van der Waals surface area (Å²) in [5.74, 6) is -0.934. The smallest absolute Gasteiger partial charge is 0.326 e. The van der Waals surface area contributed by atoms with E-state index in [9.17, 15) is 14.7 Å². The van der Waals surface area contributed by atoms with Gasteiger partial charge in [-0.25, -0.2) is 4.79 Å². The fourth-order valence-electron chi connectivity index (χ4n) is 1.84. The zero-order valence-corrected chi connectivity index (χ0v) is 11.5. The molecule has 1 unspecified atom stereocenters. The third kappa shape index (κ3) is 4.69. The van der Waals surface area contributed by atoms with Gasteiger partial charge in [0.05, 0.1) is 6.42 Å². The summed E-state index contributed by atoms with van der Waals surface area (Å²) in [4.78, 5) is 28.5. The molecular weight excluding hydrogens is 244 g/mol. The quantitative estimate of drug-likeness (QED) is 0.847. The number of hydrogen-bond donors (Lipinski definition) is 1. The van der Waals surface area contributed by atoms with Crippen LogP contribution in [0.2, 0.25) is 0 Å². The number of carbonyl (C=O) groups is 2. The van der Waals surface area contributed by atoms with E-state index in [1.807, 2.05) is 13.8 Å². The summed E-state index contributed by atoms with van der Waals surface area (Å²) in [5.41, 5.74) is 0.834. The number of nitrogens with zero attached hydrogens (tertiary/aromatic N) is 2. The number of carboxylic acid groups (broad SMARTS) is 1. The van der Waals surface area contributed by atoms with E-state index >= 15 is 0 Å². The van der Waals surface area contributed by atoms with Crippen LogP contribution in [0.3, 0.4) is 0 Å². The summed E-state index contributed by atoms with van der Waals surface area (Å²) in [7, 11) is 1.55. The first kappa shape index (κ1) is 15.1. The second kappa shape index (κ2) is 6.87. The molecule has 19 heavy (non-hydrogen) atoms. The normalized spacial score (nSPS) is 12.2. The molecule has 1 N–H and O–H groups in total. The molecular formula is C14H20N2O3. The Labute approximate surface area is 113 Å². The van der Waals surface area contributed by atoms with Crippen molar-refractivity contribution < 1.29 is 14.7 Å². The number of carbonyl (C=O) groups excluding carboxylic acids is 1. The molecule has 0 aliphatic rings. The van der Waals surface area contributed by atoms with E-state index in [0.717, 1.165) is 5.56 Å². The van der Waals surface area contributed by atoms with Crippen molar-refractivity contribution in [2.24, 2.45) is 5.92 Å². The van der Waals surface area contributed by atoms with E-state index in [1.54, 1.807) is 31.6 Å². The van der Waals surface area contributed by atoms with Gasteiger partial charge in [-0.1, -0.05) is 13.8 Å². The molecule has 1 rings (SSSR count). The Kier molecular flexibility index (Phi) is 5.48. The van der Waals surface area contributed by atoms with Gasteiger partial charge in [-0.2, -0.15) is 0 Å². The van der Waals surface area contributed by atoms with Crippen molar-refractivity contribution in [2.45, 2.75) is 32.7 Å². The monoisotopic (exact) mass is 264 g/mol. The lowest BCUT2D eigenvalue weighted by Crippen LogP contribution is -2.43. The van der Waals surface area contributed by atoms with Gasteiger partial charge in [-0.3, -0.25) is 9.78 Å². The fourth-order valence-corrected chi connectivity index (χ4v) is 1.84. The lowest BCUT2D eigenvalue weighted by atomic mass is 10.0. The van der Waals surface area contributed by atoms with Crippen LogP contribution in [0.15, 0.2) is 24.5 Å². The third-order valence-corrected chi connectivity index (χ3v) is 2.95. The van der Waals surface area contributed by atoms with E-state index in [0.29, 0.717) is 6.42 Å². The van der Waals surface area contributed by atoms with Gasteiger partial charge < -0.3 is 10.0 Å². The van der Waals surface area contributed by atoms with Gasteiger partial charge in [-0.05, 0) is 30.0 Å². The number of carboxylic acids is 1. The van der Waals surface area contributed by atoms with Gasteiger partial charge in [0.15, 0.2) is 0 Å². The van der Waals surface area contributed by atoms with Crippen molar-refractivity contribution >= 4 is 11.9 Å². The first-order valence-corrected chi connectivity index (χ1v) is 6.29. The second-order valence-electron chi connectivity index (χ2n) is 5.02. The SMILES string of the molecule is CC(C)CC(C(=O)O)N(C)C(=O)Cc1ccncc1. The van der Waals surface area contributed by atoms with Crippen molar-refractivity contribution in [1.29, 1.82) is 0 Å². The molecule has 1 heterocycles. The summed E-state index contributed by atoms with van der Waals surface area (Å²) >= 11 is 0. The molecule has 0 bridgehead atoms. The van der Waals surface area contributed by atoms with Crippen LogP contribution in [0.4, 0.5) is 0 Å². The van der Waals surface area contributed by atoms with E-state index in [1.165, 1.54) is 4.90 Å². The predicted molar refractivity (Wildman–Crippen MR) is 71.6 cm³/mol. The number of amides is 1. The highest BCUT2D eigenvalue weighted by Crippen LogP contribution is 2.12. The molecule has 0 aromatic carbocycles. The molecule has 0 radical (unpaired) electrons. The Hall–Kier alpha value is -1.91. The Morgan fingerprint density at radius 2 is 1.89 bits per heavy atom. The minimum absolute atomic E-state index is 0.195. The van der Waals surface area contributed by atoms with Crippen molar-refractivity contribution in [3.63, 3.8) is 0 Å². The number of likely N-dealkylation sites (N-methyl/N-ethyl adjacent to an activating group) is 1. The zero-order chi connectivity index (χ0) is 14.4. The minimum atomic E-state index is -0.959. The summed E-state index contributed by atoms with van der Waals surface area (Å²) in [6.45, 7) is 3.88. The topological polar surface area (TPSA) is 70.5 Å². The van der Waals surface area contributed by atoms with Crippen LogP contribution in [0, 0.1) is 5.92 Å². The zero-order valence-electron chi connectivity index (χ0n) is 11.5. The number of hydrogen-bond acceptors (Lipinski definition) is 3. The van der Waals surface area contributed by atoms with Gasteiger partial charge >= 0.3 is 5.97 Å². The Morgan fingerprint density at radius 1 is 1.32 bits per heavy atom. The summed E-state index contributed by atoms with van der Waals surface area (Å²) in [6, 6.07) is 2.74. The molecule has 104 valence electrons.